The Labute approximate surface area is 104 Å². The first-order valence-electron chi connectivity index (χ1n) is 5.21. The summed E-state index contributed by atoms with van der Waals surface area (Å²) < 4.78 is 2.89. The summed E-state index contributed by atoms with van der Waals surface area (Å²) in [5.41, 5.74) is 7.16. The van der Waals surface area contributed by atoms with Crippen molar-refractivity contribution < 1.29 is 4.79 Å². The van der Waals surface area contributed by atoms with Crippen LogP contribution in [0.5, 0.6) is 0 Å². The maximum Gasteiger partial charge on any atom is 0.234 e. The molecule has 1 unspecified atom stereocenters. The molecule has 16 heavy (non-hydrogen) atoms. The van der Waals surface area contributed by atoms with Gasteiger partial charge in [0, 0.05) is 13.1 Å². The van der Waals surface area contributed by atoms with Crippen molar-refractivity contribution in [2.75, 3.05) is 0 Å². The molecule has 6 heteroatoms. The summed E-state index contributed by atoms with van der Waals surface area (Å²) in [7, 11) is 0. The molecule has 0 bridgehead atoms. The highest BCUT2D eigenvalue weighted by molar-refractivity contribution is 9.10. The minimum Gasteiger partial charge on any atom is -0.368 e. The molecule has 1 aromatic heterocycles. The molecule has 0 aromatic carbocycles. The second-order valence-electron chi connectivity index (χ2n) is 3.67. The van der Waals surface area contributed by atoms with E-state index in [1.54, 1.807) is 6.92 Å². The molecule has 3 N–H and O–H groups in total. The fourth-order valence-electron chi connectivity index (χ4n) is 1.39. The lowest BCUT2D eigenvalue weighted by molar-refractivity contribution is -0.119. The largest absolute Gasteiger partial charge is 0.368 e. The van der Waals surface area contributed by atoms with Crippen LogP contribution in [0.15, 0.2) is 4.47 Å². The Morgan fingerprint density at radius 3 is 2.81 bits per heavy atom. The second kappa shape index (κ2) is 5.45. The number of nitrogens with zero attached hydrogens (tertiary/aromatic N) is 2. The van der Waals surface area contributed by atoms with E-state index in [2.05, 4.69) is 26.3 Å². The smallest absolute Gasteiger partial charge is 0.234 e. The zero-order valence-corrected chi connectivity index (χ0v) is 11.3. The zero-order valence-electron chi connectivity index (χ0n) is 9.75. The van der Waals surface area contributed by atoms with E-state index in [-0.39, 0.29) is 11.9 Å². The normalized spacial score (nSPS) is 12.8. The van der Waals surface area contributed by atoms with Crippen LogP contribution in [0, 0.1) is 6.92 Å². The molecule has 0 saturated heterocycles. The number of carbonyl (C=O) groups is 1. The molecule has 0 saturated carbocycles. The lowest BCUT2D eigenvalue weighted by Crippen LogP contribution is -2.38. The molecular formula is C10H17BrN4O. The minimum atomic E-state index is -0.351. The van der Waals surface area contributed by atoms with Crippen molar-refractivity contribution in [3.63, 3.8) is 0 Å². The lowest BCUT2D eigenvalue weighted by atomic mass is 10.3. The summed E-state index contributed by atoms with van der Waals surface area (Å²) in [6.45, 7) is 7.08. The maximum atomic E-state index is 10.9. The van der Waals surface area contributed by atoms with E-state index in [0.29, 0.717) is 6.54 Å². The Kier molecular flexibility index (Phi) is 4.49. The lowest BCUT2D eigenvalue weighted by Gasteiger charge is -2.11. The van der Waals surface area contributed by atoms with Crippen LogP contribution >= 0.6 is 15.9 Å². The molecule has 5 nitrogen and oxygen atoms in total. The van der Waals surface area contributed by atoms with Crippen molar-refractivity contribution >= 4 is 21.8 Å². The van der Waals surface area contributed by atoms with Gasteiger partial charge in [0.05, 0.1) is 21.9 Å². The first-order valence-corrected chi connectivity index (χ1v) is 6.01. The fourth-order valence-corrected chi connectivity index (χ4v) is 1.81. The molecular weight excluding hydrogens is 272 g/mol. The Balaban J connectivity index is 2.76. The number of amides is 1. The van der Waals surface area contributed by atoms with Gasteiger partial charge in [-0.3, -0.25) is 9.48 Å². The number of aromatic nitrogens is 2. The molecule has 0 aliphatic rings. The number of primary amides is 1. The number of hydrogen-bond donors (Lipinski definition) is 2. The van der Waals surface area contributed by atoms with E-state index < -0.39 is 0 Å². The van der Waals surface area contributed by atoms with Crippen LogP contribution in [0.4, 0.5) is 0 Å². The van der Waals surface area contributed by atoms with Gasteiger partial charge in [0.1, 0.15) is 0 Å². The van der Waals surface area contributed by atoms with Gasteiger partial charge < -0.3 is 11.1 Å². The molecule has 1 heterocycles. The average molecular weight is 289 g/mol. The first kappa shape index (κ1) is 13.2. The maximum absolute atomic E-state index is 10.9. The molecule has 1 aromatic rings. The molecule has 0 aliphatic carbocycles. The van der Waals surface area contributed by atoms with E-state index in [1.165, 1.54) is 0 Å². The van der Waals surface area contributed by atoms with Crippen molar-refractivity contribution in [3.8, 4) is 0 Å². The van der Waals surface area contributed by atoms with Crippen molar-refractivity contribution in [2.24, 2.45) is 5.73 Å². The van der Waals surface area contributed by atoms with Gasteiger partial charge in [-0.15, -0.1) is 0 Å². The molecule has 1 atom stereocenters. The number of nitrogens with one attached hydrogen (secondary N) is 1. The molecule has 0 spiro atoms. The summed E-state index contributed by atoms with van der Waals surface area (Å²) in [4.78, 5) is 10.9. The van der Waals surface area contributed by atoms with Gasteiger partial charge in [0.2, 0.25) is 5.91 Å². The van der Waals surface area contributed by atoms with Crippen LogP contribution in [-0.2, 0) is 17.9 Å². The van der Waals surface area contributed by atoms with Crippen LogP contribution in [0.3, 0.4) is 0 Å². The van der Waals surface area contributed by atoms with Crippen LogP contribution in [-0.4, -0.2) is 21.7 Å². The van der Waals surface area contributed by atoms with Gasteiger partial charge in [-0.1, -0.05) is 0 Å². The summed E-state index contributed by atoms with van der Waals surface area (Å²) >= 11 is 3.49. The molecule has 0 aliphatic heterocycles. The number of hydrogen-bond acceptors (Lipinski definition) is 3. The molecule has 0 radical (unpaired) electrons. The summed E-state index contributed by atoms with van der Waals surface area (Å²) in [5, 5.41) is 7.43. The highest BCUT2D eigenvalue weighted by Gasteiger charge is 2.14. The predicted octanol–water partition coefficient (Wildman–Crippen LogP) is 0.937. The third-order valence-electron chi connectivity index (χ3n) is 2.46. The first-order chi connectivity index (χ1) is 7.47. The third kappa shape index (κ3) is 2.82. The fraction of sp³-hybridized carbons (Fsp3) is 0.600. The van der Waals surface area contributed by atoms with Gasteiger partial charge in [-0.2, -0.15) is 5.10 Å². The van der Waals surface area contributed by atoms with E-state index in [4.69, 9.17) is 5.73 Å². The monoisotopic (exact) mass is 288 g/mol. The van der Waals surface area contributed by atoms with Crippen LogP contribution in [0.25, 0.3) is 0 Å². The Bertz CT molecular complexity index is 388. The number of nitrogens with two attached hydrogens (primary N) is 1. The van der Waals surface area contributed by atoms with E-state index in [9.17, 15) is 4.79 Å². The van der Waals surface area contributed by atoms with Gasteiger partial charge in [0.15, 0.2) is 0 Å². The van der Waals surface area contributed by atoms with Crippen LogP contribution in [0.2, 0.25) is 0 Å². The quantitative estimate of drug-likeness (QED) is 0.847. The van der Waals surface area contributed by atoms with Gasteiger partial charge in [0.25, 0.3) is 0 Å². The minimum absolute atomic E-state index is 0.340. The van der Waals surface area contributed by atoms with Crippen LogP contribution < -0.4 is 11.1 Å². The number of rotatable bonds is 5. The van der Waals surface area contributed by atoms with Crippen molar-refractivity contribution in [3.05, 3.63) is 15.9 Å². The third-order valence-corrected chi connectivity index (χ3v) is 3.49. The number of carbonyl (C=O) groups excluding carboxylic acids is 1. The van der Waals surface area contributed by atoms with E-state index in [1.807, 2.05) is 18.5 Å². The van der Waals surface area contributed by atoms with Crippen molar-refractivity contribution in [2.45, 2.75) is 39.9 Å². The standard InChI is InChI=1S/C10H17BrN4O/c1-4-15-8(9(11)6(2)14-15)5-13-7(3)10(12)16/h7,13H,4-5H2,1-3H3,(H2,12,16). The Morgan fingerprint density at radius 2 is 2.31 bits per heavy atom. The Hall–Kier alpha value is -0.880. The van der Waals surface area contributed by atoms with Crippen molar-refractivity contribution in [1.29, 1.82) is 0 Å². The summed E-state index contributed by atoms with van der Waals surface area (Å²) in [6, 6.07) is -0.340. The Morgan fingerprint density at radius 1 is 1.69 bits per heavy atom. The van der Waals surface area contributed by atoms with E-state index >= 15 is 0 Å². The highest BCUT2D eigenvalue weighted by Crippen LogP contribution is 2.20. The molecule has 0 fully saturated rings. The molecule has 1 amide bonds. The number of halogens is 1. The topological polar surface area (TPSA) is 72.9 Å². The highest BCUT2D eigenvalue weighted by atomic mass is 79.9. The summed E-state index contributed by atoms with van der Waals surface area (Å²) in [6.07, 6.45) is 0. The predicted molar refractivity (Wildman–Crippen MR) is 65.8 cm³/mol. The number of aryl methyl sites for hydroxylation is 2. The average Bonchev–Trinajstić information content (AvgIpc) is 2.51. The molecule has 90 valence electrons. The zero-order chi connectivity index (χ0) is 12.3. The van der Waals surface area contributed by atoms with Crippen LogP contribution in [0.1, 0.15) is 25.2 Å². The van der Waals surface area contributed by atoms with Gasteiger partial charge in [-0.25, -0.2) is 0 Å². The van der Waals surface area contributed by atoms with Gasteiger partial charge >= 0.3 is 0 Å². The molecule has 1 rings (SSSR count). The SMILES string of the molecule is CCn1nc(C)c(Br)c1CNC(C)C(N)=O. The second-order valence-corrected chi connectivity index (χ2v) is 4.46. The van der Waals surface area contributed by atoms with Gasteiger partial charge in [-0.05, 0) is 36.7 Å². The van der Waals surface area contributed by atoms with Crippen molar-refractivity contribution in [1.82, 2.24) is 15.1 Å². The summed E-state index contributed by atoms with van der Waals surface area (Å²) in [5.74, 6) is -0.351. The van der Waals surface area contributed by atoms with E-state index in [0.717, 1.165) is 22.4 Å².